The molecule has 11 aromatic rings. The molecule has 286 valence electrons. The van der Waals surface area contributed by atoms with Crippen LogP contribution in [-0.2, 0) is 0 Å². The molecule has 5 nitrogen and oxygen atoms in total. The second kappa shape index (κ2) is 15.5. The molecule has 0 saturated heterocycles. The smallest absolute Gasteiger partial charge is 0.167 e. The summed E-state index contributed by atoms with van der Waals surface area (Å²) in [7, 11) is 0. The number of benzene rings is 8. The molecule has 0 saturated carbocycles. The van der Waals surface area contributed by atoms with Crippen LogP contribution in [0.1, 0.15) is 0 Å². The maximum Gasteiger partial charge on any atom is 0.167 e. The Kier molecular flexibility index (Phi) is 9.10. The molecule has 0 unspecified atom stereocenters. The lowest BCUT2D eigenvalue weighted by Crippen LogP contribution is -2.05. The molecule has 3 aromatic heterocycles. The van der Waals surface area contributed by atoms with Gasteiger partial charge in [0.05, 0.1) is 16.6 Å². The monoisotopic (exact) mass is 779 g/mol. The molecule has 0 atom stereocenters. The summed E-state index contributed by atoms with van der Waals surface area (Å²) in [6.07, 6.45) is 1.98. The molecule has 0 amide bonds. The summed E-state index contributed by atoms with van der Waals surface area (Å²) >= 11 is 0. The largest absolute Gasteiger partial charge is 0.293 e. The van der Waals surface area contributed by atoms with Crippen molar-refractivity contribution in [1.82, 2.24) is 24.5 Å². The van der Waals surface area contributed by atoms with E-state index in [-0.39, 0.29) is 0 Å². The quantitative estimate of drug-likeness (QED) is 0.154. The molecular weight excluding hydrogens is 743 g/mol. The van der Waals surface area contributed by atoms with E-state index in [0.29, 0.717) is 17.5 Å². The molecule has 3 heterocycles. The van der Waals surface area contributed by atoms with Gasteiger partial charge in [-0.25, -0.2) is 19.9 Å². The minimum atomic E-state index is 0.535. The van der Waals surface area contributed by atoms with Crippen LogP contribution in [0.5, 0.6) is 0 Å². The Morgan fingerprint density at radius 2 is 0.656 bits per heavy atom. The van der Waals surface area contributed by atoms with Gasteiger partial charge in [-0.05, 0) is 75.3 Å². The Hall–Kier alpha value is -8.28. The predicted molar refractivity (Wildman–Crippen MR) is 250 cm³/mol. The first-order chi connectivity index (χ1) is 30.2. The van der Waals surface area contributed by atoms with Crippen molar-refractivity contribution >= 4 is 21.8 Å². The summed E-state index contributed by atoms with van der Waals surface area (Å²) in [5.74, 6) is 2.45. The molecule has 0 aliphatic heterocycles. The van der Waals surface area contributed by atoms with Crippen LogP contribution in [0.2, 0.25) is 0 Å². The van der Waals surface area contributed by atoms with Gasteiger partial charge in [-0.2, -0.15) is 0 Å². The molecule has 0 aliphatic carbocycles. The fourth-order valence-corrected chi connectivity index (χ4v) is 8.27. The second-order valence-corrected chi connectivity index (χ2v) is 15.1. The molecule has 0 fully saturated rings. The molecule has 8 aromatic carbocycles. The lowest BCUT2D eigenvalue weighted by molar-refractivity contribution is 1.04. The highest BCUT2D eigenvalue weighted by atomic mass is 15.1. The summed E-state index contributed by atoms with van der Waals surface area (Å²) in [6, 6.07) is 76.1. The van der Waals surface area contributed by atoms with Gasteiger partial charge in [-0.3, -0.25) is 4.57 Å². The zero-order valence-corrected chi connectivity index (χ0v) is 33.1. The van der Waals surface area contributed by atoms with Gasteiger partial charge in [0.2, 0.25) is 0 Å². The Labute approximate surface area is 354 Å². The SMILES string of the molecule is c1ccc(-c2cccc(-c3cnc(-n4c5ccc(-c6ccccc6)cc5c5cc(-c6ccccc6)ccc54)c(-c4nc(-c5ccccc5)nc(-c5ccccc5)n4)c3)c2)cc1. The lowest BCUT2D eigenvalue weighted by atomic mass is 9.99. The molecule has 0 bridgehead atoms. The Morgan fingerprint density at radius 3 is 1.11 bits per heavy atom. The van der Waals surface area contributed by atoms with Crippen LogP contribution in [0.3, 0.4) is 0 Å². The van der Waals surface area contributed by atoms with E-state index in [4.69, 9.17) is 19.9 Å². The maximum absolute atomic E-state index is 5.41. The van der Waals surface area contributed by atoms with E-state index in [1.54, 1.807) is 0 Å². The van der Waals surface area contributed by atoms with E-state index < -0.39 is 0 Å². The van der Waals surface area contributed by atoms with Crippen LogP contribution in [0.15, 0.2) is 225 Å². The van der Waals surface area contributed by atoms with Crippen molar-refractivity contribution in [1.29, 1.82) is 0 Å². The average molecular weight is 780 g/mol. The predicted octanol–water partition coefficient (Wildman–Crippen LogP) is 14.0. The van der Waals surface area contributed by atoms with E-state index >= 15 is 0 Å². The third kappa shape index (κ3) is 6.84. The van der Waals surface area contributed by atoms with Crippen LogP contribution in [0.4, 0.5) is 0 Å². The van der Waals surface area contributed by atoms with E-state index in [1.165, 1.54) is 0 Å². The molecule has 61 heavy (non-hydrogen) atoms. The van der Waals surface area contributed by atoms with Crippen molar-refractivity contribution < 1.29 is 0 Å². The standard InChI is InChI=1S/C56H37N5/c1-6-17-38(18-7-1)43-27-16-28-44(33-43)47-36-50(55-59-53(41-23-12-4-13-24-41)58-54(60-55)42-25-14-5-15-26-42)56(57-37-47)61-51-31-29-45(39-19-8-2-9-20-39)34-48(51)49-35-46(30-32-52(49)61)40-21-10-3-11-22-40/h1-37H. The van der Waals surface area contributed by atoms with Crippen molar-refractivity contribution in [3.8, 4) is 84.5 Å². The van der Waals surface area contributed by atoms with Crippen LogP contribution in [0.25, 0.3) is 106 Å². The zero-order valence-electron chi connectivity index (χ0n) is 33.1. The summed E-state index contributed by atoms with van der Waals surface area (Å²) in [5, 5.41) is 2.26. The third-order valence-electron chi connectivity index (χ3n) is 11.3. The Balaban J connectivity index is 1.19. The van der Waals surface area contributed by atoms with Crippen molar-refractivity contribution in [3.63, 3.8) is 0 Å². The first-order valence-corrected chi connectivity index (χ1v) is 20.5. The number of rotatable bonds is 8. The number of pyridine rings is 1. The topological polar surface area (TPSA) is 56.5 Å². The highest BCUT2D eigenvalue weighted by Gasteiger charge is 2.22. The van der Waals surface area contributed by atoms with Gasteiger partial charge in [0.25, 0.3) is 0 Å². The summed E-state index contributed by atoms with van der Waals surface area (Å²) in [4.78, 5) is 21.0. The van der Waals surface area contributed by atoms with E-state index in [1.807, 2.05) is 72.9 Å². The molecular formula is C56H37N5. The summed E-state index contributed by atoms with van der Waals surface area (Å²) < 4.78 is 2.28. The van der Waals surface area contributed by atoms with Crippen molar-refractivity contribution in [2.45, 2.75) is 0 Å². The summed E-state index contributed by atoms with van der Waals surface area (Å²) in [5.41, 5.74) is 13.6. The molecule has 0 aliphatic rings. The minimum absolute atomic E-state index is 0.535. The normalized spacial score (nSPS) is 11.3. The fraction of sp³-hybridized carbons (Fsp3) is 0. The molecule has 0 spiro atoms. The molecule has 5 heteroatoms. The van der Waals surface area contributed by atoms with Crippen LogP contribution >= 0.6 is 0 Å². The lowest BCUT2D eigenvalue weighted by Gasteiger charge is -2.16. The average Bonchev–Trinajstić information content (AvgIpc) is 3.68. The highest BCUT2D eigenvalue weighted by molar-refractivity contribution is 6.12. The van der Waals surface area contributed by atoms with Gasteiger partial charge in [-0.1, -0.05) is 182 Å². The first-order valence-electron chi connectivity index (χ1n) is 20.5. The summed E-state index contributed by atoms with van der Waals surface area (Å²) in [6.45, 7) is 0. The number of hydrogen-bond acceptors (Lipinski definition) is 4. The van der Waals surface area contributed by atoms with E-state index in [9.17, 15) is 0 Å². The van der Waals surface area contributed by atoms with Gasteiger partial charge >= 0.3 is 0 Å². The van der Waals surface area contributed by atoms with E-state index in [0.717, 1.165) is 88.8 Å². The maximum atomic E-state index is 5.41. The van der Waals surface area contributed by atoms with Crippen LogP contribution < -0.4 is 0 Å². The molecule has 0 radical (unpaired) electrons. The van der Waals surface area contributed by atoms with Gasteiger partial charge in [0.15, 0.2) is 17.5 Å². The first kappa shape index (κ1) is 35.8. The number of nitrogens with zero attached hydrogens (tertiary/aromatic N) is 5. The number of aromatic nitrogens is 5. The van der Waals surface area contributed by atoms with Crippen molar-refractivity contribution in [2.75, 3.05) is 0 Å². The van der Waals surface area contributed by atoms with Gasteiger partial charge < -0.3 is 0 Å². The van der Waals surface area contributed by atoms with Crippen molar-refractivity contribution in [3.05, 3.63) is 225 Å². The molecule has 0 N–H and O–H groups in total. The second-order valence-electron chi connectivity index (χ2n) is 15.1. The zero-order chi connectivity index (χ0) is 40.5. The third-order valence-corrected chi connectivity index (χ3v) is 11.3. The number of hydrogen-bond donors (Lipinski definition) is 0. The van der Waals surface area contributed by atoms with Crippen molar-refractivity contribution in [2.24, 2.45) is 0 Å². The van der Waals surface area contributed by atoms with Crippen LogP contribution in [-0.4, -0.2) is 24.5 Å². The Morgan fingerprint density at radius 1 is 0.279 bits per heavy atom. The van der Waals surface area contributed by atoms with E-state index in [2.05, 4.69) is 156 Å². The van der Waals surface area contributed by atoms with Crippen LogP contribution in [0, 0.1) is 0 Å². The fourth-order valence-electron chi connectivity index (χ4n) is 8.27. The highest BCUT2D eigenvalue weighted by Crippen LogP contribution is 2.40. The van der Waals surface area contributed by atoms with Gasteiger partial charge in [-0.15, -0.1) is 0 Å². The minimum Gasteiger partial charge on any atom is -0.293 e. The Bertz CT molecular complexity index is 3170. The van der Waals surface area contributed by atoms with Gasteiger partial charge in [0, 0.05) is 33.7 Å². The van der Waals surface area contributed by atoms with Gasteiger partial charge in [0.1, 0.15) is 5.82 Å². The number of fused-ring (bicyclic) bond motifs is 3. The molecule has 11 rings (SSSR count).